The molecule has 2 aliphatic rings. The largest absolute Gasteiger partial charge is 0.495 e. The van der Waals surface area contributed by atoms with Crippen molar-refractivity contribution in [3.05, 3.63) is 24.3 Å². The van der Waals surface area contributed by atoms with Crippen LogP contribution in [-0.2, 0) is 9.53 Å². The molecule has 1 unspecified atom stereocenters. The van der Waals surface area contributed by atoms with Crippen LogP contribution in [0.15, 0.2) is 24.3 Å². The molecule has 0 saturated carbocycles. The zero-order valence-electron chi connectivity index (χ0n) is 14.3. The van der Waals surface area contributed by atoms with Gasteiger partial charge in [-0.2, -0.15) is 0 Å². The van der Waals surface area contributed by atoms with Gasteiger partial charge in [-0.25, -0.2) is 0 Å². The first-order valence-electron chi connectivity index (χ1n) is 8.65. The van der Waals surface area contributed by atoms with Crippen LogP contribution in [0, 0.1) is 5.41 Å². The Balaban J connectivity index is 1.62. The fourth-order valence-electron chi connectivity index (χ4n) is 3.61. The number of methoxy groups -OCH3 is 1. The summed E-state index contributed by atoms with van der Waals surface area (Å²) in [5, 5.41) is 3.22. The van der Waals surface area contributed by atoms with E-state index in [0.29, 0.717) is 32.6 Å². The summed E-state index contributed by atoms with van der Waals surface area (Å²) in [6, 6.07) is 8.15. The second kappa shape index (κ2) is 7.40. The quantitative estimate of drug-likeness (QED) is 0.845. The van der Waals surface area contributed by atoms with Gasteiger partial charge in [-0.1, -0.05) is 12.1 Å². The molecule has 0 aliphatic carbocycles. The number of nitrogens with two attached hydrogens (primary N) is 1. The summed E-state index contributed by atoms with van der Waals surface area (Å²) in [4.78, 5) is 15.1. The molecule has 2 saturated heterocycles. The number of hydrogen-bond donors (Lipinski definition) is 2. The topological polar surface area (TPSA) is 76.8 Å². The highest BCUT2D eigenvalue weighted by molar-refractivity contribution is 5.83. The first-order chi connectivity index (χ1) is 11.7. The van der Waals surface area contributed by atoms with E-state index in [4.69, 9.17) is 15.2 Å². The van der Waals surface area contributed by atoms with Crippen LogP contribution in [0.5, 0.6) is 5.75 Å². The third-order valence-corrected chi connectivity index (χ3v) is 5.27. The van der Waals surface area contributed by atoms with E-state index in [1.807, 2.05) is 18.2 Å². The third-order valence-electron chi connectivity index (χ3n) is 5.27. The molecule has 6 heteroatoms. The molecule has 3 N–H and O–H groups in total. The molecule has 0 aromatic heterocycles. The van der Waals surface area contributed by atoms with Crippen molar-refractivity contribution in [3.63, 3.8) is 0 Å². The van der Waals surface area contributed by atoms with Gasteiger partial charge in [0.2, 0.25) is 5.91 Å². The normalized spacial score (nSPS) is 23.1. The first-order valence-corrected chi connectivity index (χ1v) is 8.65. The van der Waals surface area contributed by atoms with Crippen LogP contribution in [0.4, 0.5) is 5.69 Å². The minimum absolute atomic E-state index is 0.0835. The Bertz CT molecular complexity index is 572. The van der Waals surface area contributed by atoms with Crippen LogP contribution in [0.2, 0.25) is 0 Å². The summed E-state index contributed by atoms with van der Waals surface area (Å²) in [6.45, 7) is 3.31. The van der Waals surface area contributed by atoms with E-state index in [1.165, 1.54) is 0 Å². The Hall–Kier alpha value is -1.79. The maximum absolute atomic E-state index is 12.8. The molecular weight excluding hydrogens is 306 g/mol. The average Bonchev–Trinajstić information content (AvgIpc) is 3.10. The first kappa shape index (κ1) is 17.0. The van der Waals surface area contributed by atoms with Crippen molar-refractivity contribution >= 4 is 11.6 Å². The molecule has 2 heterocycles. The van der Waals surface area contributed by atoms with Crippen LogP contribution in [0.1, 0.15) is 19.3 Å². The van der Waals surface area contributed by atoms with E-state index in [9.17, 15) is 4.79 Å². The number of benzene rings is 1. The molecule has 1 aromatic carbocycles. The second-order valence-electron chi connectivity index (χ2n) is 6.67. The summed E-state index contributed by atoms with van der Waals surface area (Å²) in [5.74, 6) is 0.951. The zero-order chi connectivity index (χ0) is 17.0. The zero-order valence-corrected chi connectivity index (χ0v) is 14.3. The van der Waals surface area contributed by atoms with Crippen LogP contribution < -0.4 is 20.7 Å². The fourth-order valence-corrected chi connectivity index (χ4v) is 3.61. The number of nitrogens with zero attached hydrogens (tertiary/aromatic N) is 1. The van der Waals surface area contributed by atoms with E-state index in [-0.39, 0.29) is 11.9 Å². The minimum Gasteiger partial charge on any atom is -0.495 e. The predicted molar refractivity (Wildman–Crippen MR) is 93.3 cm³/mol. The Labute approximate surface area is 143 Å². The SMILES string of the molecule is COc1ccccc1N1CCC(NC(=O)C2(CN)CCOCC2)C1. The molecule has 3 rings (SSSR count). The van der Waals surface area contributed by atoms with E-state index >= 15 is 0 Å². The highest BCUT2D eigenvalue weighted by Gasteiger charge is 2.40. The number of carbonyl (C=O) groups is 1. The number of amides is 1. The Morgan fingerprint density at radius 2 is 2.17 bits per heavy atom. The molecule has 2 aliphatic heterocycles. The van der Waals surface area contributed by atoms with Gasteiger partial charge >= 0.3 is 0 Å². The molecule has 0 bridgehead atoms. The maximum Gasteiger partial charge on any atom is 0.227 e. The van der Waals surface area contributed by atoms with Crippen molar-refractivity contribution in [1.82, 2.24) is 5.32 Å². The van der Waals surface area contributed by atoms with E-state index in [2.05, 4.69) is 16.3 Å². The summed E-state index contributed by atoms with van der Waals surface area (Å²) in [5.41, 5.74) is 6.54. The summed E-state index contributed by atoms with van der Waals surface area (Å²) in [7, 11) is 1.68. The lowest BCUT2D eigenvalue weighted by atomic mass is 9.79. The molecule has 1 atom stereocenters. The predicted octanol–water partition coefficient (Wildman–Crippen LogP) is 1.15. The van der Waals surface area contributed by atoms with Crippen molar-refractivity contribution in [2.45, 2.75) is 25.3 Å². The monoisotopic (exact) mass is 333 g/mol. The van der Waals surface area contributed by atoms with Crippen molar-refractivity contribution < 1.29 is 14.3 Å². The van der Waals surface area contributed by atoms with Gasteiger partial charge in [-0.05, 0) is 31.4 Å². The van der Waals surface area contributed by atoms with Crippen LogP contribution >= 0.6 is 0 Å². The van der Waals surface area contributed by atoms with Gasteiger partial charge < -0.3 is 25.4 Å². The van der Waals surface area contributed by atoms with E-state index < -0.39 is 5.41 Å². The lowest BCUT2D eigenvalue weighted by Gasteiger charge is -2.35. The Kier molecular flexibility index (Phi) is 5.26. The number of ether oxygens (including phenoxy) is 2. The summed E-state index contributed by atoms with van der Waals surface area (Å²) in [6.07, 6.45) is 2.34. The Morgan fingerprint density at radius 3 is 2.88 bits per heavy atom. The number of hydrogen-bond acceptors (Lipinski definition) is 5. The molecule has 6 nitrogen and oxygen atoms in total. The number of para-hydroxylation sites is 2. The van der Waals surface area contributed by atoms with Gasteiger partial charge in [0, 0.05) is 38.9 Å². The van der Waals surface area contributed by atoms with Gasteiger partial charge in [0.15, 0.2) is 0 Å². The van der Waals surface area contributed by atoms with Crippen molar-refractivity contribution in [2.24, 2.45) is 11.1 Å². The van der Waals surface area contributed by atoms with Crippen LogP contribution in [0.25, 0.3) is 0 Å². The van der Waals surface area contributed by atoms with E-state index in [0.717, 1.165) is 30.9 Å². The van der Waals surface area contributed by atoms with Crippen molar-refractivity contribution in [3.8, 4) is 5.75 Å². The summed E-state index contributed by atoms with van der Waals surface area (Å²) < 4.78 is 10.8. The van der Waals surface area contributed by atoms with Gasteiger partial charge in [-0.3, -0.25) is 4.79 Å². The molecule has 0 spiro atoms. The molecule has 24 heavy (non-hydrogen) atoms. The Morgan fingerprint density at radius 1 is 1.42 bits per heavy atom. The molecule has 2 fully saturated rings. The second-order valence-corrected chi connectivity index (χ2v) is 6.67. The lowest BCUT2D eigenvalue weighted by molar-refractivity contribution is -0.136. The molecule has 132 valence electrons. The van der Waals surface area contributed by atoms with Crippen molar-refractivity contribution in [2.75, 3.05) is 44.9 Å². The average molecular weight is 333 g/mol. The third kappa shape index (κ3) is 3.35. The summed E-state index contributed by atoms with van der Waals surface area (Å²) >= 11 is 0. The van der Waals surface area contributed by atoms with Gasteiger partial charge in [0.1, 0.15) is 5.75 Å². The van der Waals surface area contributed by atoms with Gasteiger partial charge in [-0.15, -0.1) is 0 Å². The number of nitrogens with one attached hydrogen (secondary N) is 1. The van der Waals surface area contributed by atoms with Crippen LogP contribution in [0.3, 0.4) is 0 Å². The maximum atomic E-state index is 12.8. The minimum atomic E-state index is -0.462. The van der Waals surface area contributed by atoms with Crippen LogP contribution in [-0.4, -0.2) is 51.9 Å². The molecular formula is C18H27N3O3. The van der Waals surface area contributed by atoms with Gasteiger partial charge in [0.05, 0.1) is 18.2 Å². The highest BCUT2D eigenvalue weighted by Crippen LogP contribution is 2.32. The molecule has 0 radical (unpaired) electrons. The number of carbonyl (C=O) groups excluding carboxylic acids is 1. The van der Waals surface area contributed by atoms with Crippen molar-refractivity contribution in [1.29, 1.82) is 0 Å². The number of anilines is 1. The number of rotatable bonds is 5. The van der Waals surface area contributed by atoms with Gasteiger partial charge in [0.25, 0.3) is 0 Å². The lowest BCUT2D eigenvalue weighted by Crippen LogP contribution is -2.52. The molecule has 1 amide bonds. The fraction of sp³-hybridized carbons (Fsp3) is 0.611. The standard InChI is InChI=1S/C18H27N3O3/c1-23-16-5-3-2-4-15(16)21-9-6-14(12-21)20-17(22)18(13-19)7-10-24-11-8-18/h2-5,14H,6-13,19H2,1H3,(H,20,22). The molecule has 1 aromatic rings. The van der Waals surface area contributed by atoms with E-state index in [1.54, 1.807) is 7.11 Å². The smallest absolute Gasteiger partial charge is 0.227 e. The highest BCUT2D eigenvalue weighted by atomic mass is 16.5.